The third-order valence-corrected chi connectivity index (χ3v) is 6.72. The second kappa shape index (κ2) is 9.50. The van der Waals surface area contributed by atoms with Gasteiger partial charge in [-0.25, -0.2) is 9.97 Å². The van der Waals surface area contributed by atoms with E-state index in [1.807, 2.05) is 43.6 Å². The van der Waals surface area contributed by atoms with E-state index in [9.17, 15) is 4.79 Å². The highest BCUT2D eigenvalue weighted by Crippen LogP contribution is 2.30. The number of anilines is 1. The first-order valence-electron chi connectivity index (χ1n) is 11.9. The molecule has 0 spiro atoms. The van der Waals surface area contributed by atoms with Crippen molar-refractivity contribution in [2.75, 3.05) is 32.9 Å². The Morgan fingerprint density at radius 3 is 2.64 bits per heavy atom. The number of aryl methyl sites for hydroxylation is 2. The highest BCUT2D eigenvalue weighted by Gasteiger charge is 2.20. The summed E-state index contributed by atoms with van der Waals surface area (Å²) in [7, 11) is 5.50. The van der Waals surface area contributed by atoms with Gasteiger partial charge in [-0.3, -0.25) is 9.69 Å². The Hall–Kier alpha value is -4.11. The van der Waals surface area contributed by atoms with E-state index in [1.165, 1.54) is 16.2 Å². The number of rotatable bonds is 5. The molecule has 5 rings (SSSR count). The fraction of sp³-hybridized carbons (Fsp3) is 0.296. The average Bonchev–Trinajstić information content (AvgIpc) is 3.19. The predicted molar refractivity (Wildman–Crippen MR) is 141 cm³/mol. The van der Waals surface area contributed by atoms with Crippen LogP contribution >= 0.6 is 0 Å². The Kier molecular flexibility index (Phi) is 6.24. The molecule has 0 saturated heterocycles. The van der Waals surface area contributed by atoms with Crippen molar-refractivity contribution in [1.82, 2.24) is 34.5 Å². The van der Waals surface area contributed by atoms with E-state index in [4.69, 9.17) is 5.73 Å². The molecule has 9 nitrogen and oxygen atoms in total. The number of pyridine rings is 2. The van der Waals surface area contributed by atoms with Gasteiger partial charge in [-0.05, 0) is 60.4 Å². The molecule has 0 radical (unpaired) electrons. The van der Waals surface area contributed by atoms with Crippen molar-refractivity contribution in [1.29, 1.82) is 0 Å². The topological polar surface area (TPSA) is 106 Å². The van der Waals surface area contributed by atoms with E-state index >= 15 is 0 Å². The zero-order valence-electron chi connectivity index (χ0n) is 21.1. The van der Waals surface area contributed by atoms with Gasteiger partial charge in [-0.15, -0.1) is 10.2 Å². The van der Waals surface area contributed by atoms with Crippen molar-refractivity contribution in [3.63, 3.8) is 0 Å². The quantitative estimate of drug-likeness (QED) is 0.465. The molecule has 2 N–H and O–H groups in total. The molecule has 0 saturated carbocycles. The number of nitrogen functional groups attached to an aromatic ring is 1. The van der Waals surface area contributed by atoms with Crippen LogP contribution in [0.2, 0.25) is 0 Å². The van der Waals surface area contributed by atoms with Crippen molar-refractivity contribution in [2.24, 2.45) is 7.05 Å². The summed E-state index contributed by atoms with van der Waals surface area (Å²) in [6.45, 7) is 4.53. The minimum atomic E-state index is -0.138. The van der Waals surface area contributed by atoms with Gasteiger partial charge in [0.15, 0.2) is 5.69 Å². The van der Waals surface area contributed by atoms with Gasteiger partial charge >= 0.3 is 0 Å². The summed E-state index contributed by atoms with van der Waals surface area (Å²) < 4.78 is 2.17. The highest BCUT2D eigenvalue weighted by atomic mass is 16.2. The Balaban J connectivity index is 1.35. The maximum Gasteiger partial charge on any atom is 0.273 e. The molecule has 0 aliphatic carbocycles. The molecule has 36 heavy (non-hydrogen) atoms. The number of nitrogens with zero attached hydrogens (tertiary/aromatic N) is 7. The maximum atomic E-state index is 12.2. The molecular formula is C27H30N8O. The first-order valence-corrected chi connectivity index (χ1v) is 11.9. The Morgan fingerprint density at radius 1 is 1.14 bits per heavy atom. The molecule has 1 aliphatic heterocycles. The summed E-state index contributed by atoms with van der Waals surface area (Å²) in [6.07, 6.45) is 6.75. The molecule has 184 valence electrons. The summed E-state index contributed by atoms with van der Waals surface area (Å²) in [5, 5.41) is 9.68. The zero-order chi connectivity index (χ0) is 25.4. The molecule has 9 heteroatoms. The average molecular weight is 483 g/mol. The predicted octanol–water partition coefficient (Wildman–Crippen LogP) is 3.31. The number of aromatic nitrogens is 5. The van der Waals surface area contributed by atoms with Crippen LogP contribution in [0.15, 0.2) is 48.8 Å². The summed E-state index contributed by atoms with van der Waals surface area (Å²) >= 11 is 0. The third kappa shape index (κ3) is 4.45. The van der Waals surface area contributed by atoms with Crippen LogP contribution in [0.5, 0.6) is 0 Å². The van der Waals surface area contributed by atoms with Gasteiger partial charge in [-0.1, -0.05) is 6.08 Å². The molecule has 1 aliphatic rings. The summed E-state index contributed by atoms with van der Waals surface area (Å²) in [4.78, 5) is 25.0. The number of hydrogen-bond donors (Lipinski definition) is 1. The molecular weight excluding hydrogens is 452 g/mol. The van der Waals surface area contributed by atoms with E-state index in [0.29, 0.717) is 11.5 Å². The smallest absolute Gasteiger partial charge is 0.273 e. The van der Waals surface area contributed by atoms with Gasteiger partial charge < -0.3 is 15.2 Å². The molecule has 1 amide bonds. The fourth-order valence-corrected chi connectivity index (χ4v) is 4.67. The molecule has 0 aromatic carbocycles. The lowest BCUT2D eigenvalue weighted by molar-refractivity contribution is 0.0820. The van der Waals surface area contributed by atoms with Crippen LogP contribution in [0.4, 0.5) is 5.82 Å². The normalized spacial score (nSPS) is 14.2. The van der Waals surface area contributed by atoms with E-state index in [0.717, 1.165) is 59.5 Å². The molecule has 0 bridgehead atoms. The minimum Gasteiger partial charge on any atom is -0.384 e. The first kappa shape index (κ1) is 23.6. The van der Waals surface area contributed by atoms with Gasteiger partial charge in [0.1, 0.15) is 11.5 Å². The first-order chi connectivity index (χ1) is 17.3. The Morgan fingerprint density at radius 2 is 1.97 bits per heavy atom. The van der Waals surface area contributed by atoms with Gasteiger partial charge in [0.2, 0.25) is 0 Å². The SMILES string of the molecule is Cc1cc(C(=O)N(C)C)nnc1C1=CCN(Cc2cc3c(-c4ccc(N)nc4)ccnc3n2C)CC1. The van der Waals surface area contributed by atoms with E-state index in [2.05, 4.69) is 48.8 Å². The van der Waals surface area contributed by atoms with Crippen LogP contribution in [0.3, 0.4) is 0 Å². The monoisotopic (exact) mass is 482 g/mol. The number of carbonyl (C=O) groups excluding carboxylic acids is 1. The minimum absolute atomic E-state index is 0.138. The van der Waals surface area contributed by atoms with E-state index in [1.54, 1.807) is 14.1 Å². The van der Waals surface area contributed by atoms with Crippen LogP contribution in [-0.4, -0.2) is 67.6 Å². The number of nitrogens with two attached hydrogens (primary N) is 1. The van der Waals surface area contributed by atoms with Gasteiger partial charge in [0.05, 0.1) is 5.69 Å². The molecule has 4 aromatic heterocycles. The lowest BCUT2D eigenvalue weighted by atomic mass is 10.0. The van der Waals surface area contributed by atoms with Gasteiger partial charge in [-0.2, -0.15) is 0 Å². The van der Waals surface area contributed by atoms with Crippen LogP contribution in [0, 0.1) is 6.92 Å². The Bertz CT molecular complexity index is 1470. The summed E-state index contributed by atoms with van der Waals surface area (Å²) in [5.41, 5.74) is 13.4. The summed E-state index contributed by atoms with van der Waals surface area (Å²) in [6, 6.07) is 9.89. The molecule has 0 atom stereocenters. The molecule has 0 unspecified atom stereocenters. The number of hydrogen-bond acceptors (Lipinski definition) is 7. The maximum absolute atomic E-state index is 12.2. The zero-order valence-corrected chi connectivity index (χ0v) is 21.1. The second-order valence-corrected chi connectivity index (χ2v) is 9.44. The summed E-state index contributed by atoms with van der Waals surface area (Å²) in [5.74, 6) is 0.371. The van der Waals surface area contributed by atoms with E-state index in [-0.39, 0.29) is 5.91 Å². The molecule has 4 aromatic rings. The number of fused-ring (bicyclic) bond motifs is 1. The standard InChI is InChI=1S/C27H30N8O/c1-17-13-23(27(36)33(2)3)31-32-25(17)18-8-11-35(12-9-18)16-20-14-22-21(7-10-29-26(22)34(20)4)19-5-6-24(28)30-15-19/h5-8,10,13-15H,9,11-12,16H2,1-4H3,(H2,28,30). The Labute approximate surface area is 210 Å². The van der Waals surface area contributed by atoms with Crippen LogP contribution in [0.25, 0.3) is 27.7 Å². The van der Waals surface area contributed by atoms with Crippen molar-refractivity contribution < 1.29 is 4.79 Å². The lowest BCUT2D eigenvalue weighted by Gasteiger charge is -2.26. The van der Waals surface area contributed by atoms with Crippen LogP contribution < -0.4 is 5.73 Å². The number of carbonyl (C=O) groups is 1. The van der Waals surface area contributed by atoms with Crippen molar-refractivity contribution in [3.8, 4) is 11.1 Å². The molecule has 5 heterocycles. The van der Waals surface area contributed by atoms with Gasteiger partial charge in [0, 0.05) is 69.8 Å². The van der Waals surface area contributed by atoms with Crippen LogP contribution in [0.1, 0.15) is 33.9 Å². The highest BCUT2D eigenvalue weighted by molar-refractivity contribution is 5.94. The van der Waals surface area contributed by atoms with E-state index < -0.39 is 0 Å². The van der Waals surface area contributed by atoms with Crippen molar-refractivity contribution in [3.05, 3.63) is 71.4 Å². The number of amides is 1. The molecule has 0 fully saturated rings. The van der Waals surface area contributed by atoms with Crippen molar-refractivity contribution in [2.45, 2.75) is 19.9 Å². The largest absolute Gasteiger partial charge is 0.384 e. The van der Waals surface area contributed by atoms with Crippen molar-refractivity contribution >= 4 is 28.3 Å². The van der Waals surface area contributed by atoms with Crippen LogP contribution in [-0.2, 0) is 13.6 Å². The lowest BCUT2D eigenvalue weighted by Crippen LogP contribution is -2.29. The fourth-order valence-electron chi connectivity index (χ4n) is 4.67. The van der Waals surface area contributed by atoms with Gasteiger partial charge in [0.25, 0.3) is 5.91 Å². The third-order valence-electron chi connectivity index (χ3n) is 6.72. The second-order valence-electron chi connectivity index (χ2n) is 9.44.